The van der Waals surface area contributed by atoms with Crippen LogP contribution in [-0.2, 0) is 6.42 Å². The van der Waals surface area contributed by atoms with Crippen LogP contribution in [0.3, 0.4) is 0 Å². The predicted octanol–water partition coefficient (Wildman–Crippen LogP) is 2.63. The number of hydrogen-bond acceptors (Lipinski definition) is 5. The zero-order chi connectivity index (χ0) is 16.9. The van der Waals surface area contributed by atoms with E-state index in [4.69, 9.17) is 4.74 Å². The number of aliphatic hydroxyl groups is 1. The summed E-state index contributed by atoms with van der Waals surface area (Å²) in [5.74, 6) is 0.534. The SMILES string of the molecule is O=C1NC(O)C(Cc2ccc(OCC(=O)c3ccccc3)cc2)S1. The van der Waals surface area contributed by atoms with Crippen LogP contribution in [-0.4, -0.2) is 34.2 Å². The van der Waals surface area contributed by atoms with Crippen LogP contribution in [0.2, 0.25) is 0 Å². The monoisotopic (exact) mass is 343 g/mol. The van der Waals surface area contributed by atoms with Gasteiger partial charge in [0.05, 0.1) is 5.25 Å². The molecule has 0 saturated carbocycles. The van der Waals surface area contributed by atoms with Gasteiger partial charge in [-0.05, 0) is 24.1 Å². The number of ether oxygens (including phenoxy) is 1. The van der Waals surface area contributed by atoms with Gasteiger partial charge in [-0.2, -0.15) is 0 Å². The van der Waals surface area contributed by atoms with Crippen molar-refractivity contribution in [3.8, 4) is 5.75 Å². The van der Waals surface area contributed by atoms with Gasteiger partial charge in [-0.15, -0.1) is 0 Å². The van der Waals surface area contributed by atoms with E-state index in [0.717, 1.165) is 17.3 Å². The quantitative estimate of drug-likeness (QED) is 0.789. The van der Waals surface area contributed by atoms with E-state index in [9.17, 15) is 14.7 Å². The Balaban J connectivity index is 1.53. The minimum atomic E-state index is -0.818. The molecule has 0 radical (unpaired) electrons. The zero-order valence-corrected chi connectivity index (χ0v) is 13.7. The van der Waals surface area contributed by atoms with Crippen molar-refractivity contribution in [2.75, 3.05) is 6.61 Å². The highest BCUT2D eigenvalue weighted by atomic mass is 32.2. The molecule has 1 aliphatic rings. The summed E-state index contributed by atoms with van der Waals surface area (Å²) in [5.41, 5.74) is 1.61. The van der Waals surface area contributed by atoms with Gasteiger partial charge >= 0.3 is 0 Å². The smallest absolute Gasteiger partial charge is 0.281 e. The number of carbonyl (C=O) groups excluding carboxylic acids is 2. The second-order valence-corrected chi connectivity index (χ2v) is 6.67. The first-order valence-corrected chi connectivity index (χ1v) is 8.45. The summed E-state index contributed by atoms with van der Waals surface area (Å²) >= 11 is 1.11. The lowest BCUT2D eigenvalue weighted by Gasteiger charge is -2.12. The first-order chi connectivity index (χ1) is 11.6. The number of amides is 1. The Labute approximate surface area is 144 Å². The topological polar surface area (TPSA) is 75.6 Å². The maximum absolute atomic E-state index is 12.0. The van der Waals surface area contributed by atoms with Crippen molar-refractivity contribution in [1.82, 2.24) is 5.32 Å². The van der Waals surface area contributed by atoms with E-state index in [0.29, 0.717) is 17.7 Å². The number of hydrogen-bond donors (Lipinski definition) is 2. The molecule has 2 aromatic carbocycles. The molecule has 2 N–H and O–H groups in total. The zero-order valence-electron chi connectivity index (χ0n) is 12.8. The number of thioether (sulfide) groups is 1. The van der Waals surface area contributed by atoms with E-state index in [1.807, 2.05) is 30.3 Å². The Morgan fingerprint density at radius 3 is 2.46 bits per heavy atom. The predicted molar refractivity (Wildman–Crippen MR) is 92.3 cm³/mol. The summed E-state index contributed by atoms with van der Waals surface area (Å²) in [4.78, 5) is 23.2. The van der Waals surface area contributed by atoms with E-state index in [2.05, 4.69) is 5.32 Å². The third-order valence-electron chi connectivity index (χ3n) is 3.70. The fraction of sp³-hybridized carbons (Fsp3) is 0.222. The van der Waals surface area contributed by atoms with Crippen LogP contribution in [0.25, 0.3) is 0 Å². The Morgan fingerprint density at radius 1 is 1.12 bits per heavy atom. The van der Waals surface area contributed by atoms with Gasteiger partial charge < -0.3 is 15.2 Å². The molecule has 2 unspecified atom stereocenters. The third kappa shape index (κ3) is 4.15. The van der Waals surface area contributed by atoms with Crippen molar-refractivity contribution in [2.24, 2.45) is 0 Å². The molecule has 6 heteroatoms. The van der Waals surface area contributed by atoms with Crippen molar-refractivity contribution < 1.29 is 19.4 Å². The molecule has 0 aromatic heterocycles. The molecule has 124 valence electrons. The average Bonchev–Trinajstić information content (AvgIpc) is 2.92. The minimum absolute atomic E-state index is 0.0149. The summed E-state index contributed by atoms with van der Waals surface area (Å²) in [6.07, 6.45) is -0.240. The van der Waals surface area contributed by atoms with Gasteiger partial charge in [0.25, 0.3) is 5.24 Å². The largest absolute Gasteiger partial charge is 0.485 e. The number of rotatable bonds is 6. The van der Waals surface area contributed by atoms with Crippen molar-refractivity contribution in [3.63, 3.8) is 0 Å². The summed E-state index contributed by atoms with van der Waals surface area (Å²) in [6, 6.07) is 16.3. The van der Waals surface area contributed by atoms with E-state index < -0.39 is 6.23 Å². The number of aliphatic hydroxyl groups excluding tert-OH is 1. The van der Waals surface area contributed by atoms with Crippen molar-refractivity contribution >= 4 is 22.8 Å². The Hall–Kier alpha value is -2.31. The van der Waals surface area contributed by atoms with Gasteiger partial charge in [-0.1, -0.05) is 54.2 Å². The lowest BCUT2D eigenvalue weighted by molar-refractivity contribution is 0.0921. The van der Waals surface area contributed by atoms with Crippen molar-refractivity contribution in [2.45, 2.75) is 17.9 Å². The Bertz CT molecular complexity index is 718. The van der Waals surface area contributed by atoms with Crippen LogP contribution >= 0.6 is 11.8 Å². The van der Waals surface area contributed by atoms with E-state index in [-0.39, 0.29) is 22.9 Å². The fourth-order valence-electron chi connectivity index (χ4n) is 2.41. The Morgan fingerprint density at radius 2 is 1.83 bits per heavy atom. The van der Waals surface area contributed by atoms with Crippen LogP contribution in [0.5, 0.6) is 5.75 Å². The highest BCUT2D eigenvalue weighted by molar-refractivity contribution is 8.14. The van der Waals surface area contributed by atoms with Gasteiger partial charge in [0, 0.05) is 5.56 Å². The molecule has 1 aliphatic heterocycles. The van der Waals surface area contributed by atoms with E-state index in [1.165, 1.54) is 0 Å². The van der Waals surface area contributed by atoms with Gasteiger partial charge in [-0.25, -0.2) is 0 Å². The highest BCUT2D eigenvalue weighted by Gasteiger charge is 2.31. The molecule has 2 aromatic rings. The summed E-state index contributed by atoms with van der Waals surface area (Å²) in [7, 11) is 0. The molecule has 3 rings (SSSR count). The van der Waals surface area contributed by atoms with Crippen LogP contribution in [0.1, 0.15) is 15.9 Å². The van der Waals surface area contributed by atoms with Gasteiger partial charge in [-0.3, -0.25) is 9.59 Å². The van der Waals surface area contributed by atoms with Crippen LogP contribution < -0.4 is 10.1 Å². The molecule has 0 spiro atoms. The Kier molecular flexibility index (Phi) is 5.17. The molecular weight excluding hydrogens is 326 g/mol. The van der Waals surface area contributed by atoms with Gasteiger partial charge in [0.15, 0.2) is 12.4 Å². The fourth-order valence-corrected chi connectivity index (χ4v) is 3.35. The van der Waals surface area contributed by atoms with Crippen LogP contribution in [0.15, 0.2) is 54.6 Å². The maximum atomic E-state index is 12.0. The highest BCUT2D eigenvalue weighted by Crippen LogP contribution is 2.26. The maximum Gasteiger partial charge on any atom is 0.281 e. The van der Waals surface area contributed by atoms with Crippen LogP contribution in [0, 0.1) is 0 Å². The summed E-state index contributed by atoms with van der Waals surface area (Å²) < 4.78 is 5.51. The average molecular weight is 343 g/mol. The molecule has 1 saturated heterocycles. The third-order valence-corrected chi connectivity index (χ3v) is 4.76. The summed E-state index contributed by atoms with van der Waals surface area (Å²) in [6.45, 7) is -0.0149. The molecule has 0 bridgehead atoms. The molecule has 1 amide bonds. The molecular formula is C18H17NO4S. The first-order valence-electron chi connectivity index (χ1n) is 7.57. The number of nitrogens with one attached hydrogen (secondary N) is 1. The number of Topliss-reactive ketones (excluding diaryl/α,β-unsaturated/α-hetero) is 1. The molecule has 24 heavy (non-hydrogen) atoms. The van der Waals surface area contributed by atoms with Crippen molar-refractivity contribution in [1.29, 1.82) is 0 Å². The lowest BCUT2D eigenvalue weighted by Crippen LogP contribution is -2.31. The molecule has 0 aliphatic carbocycles. The molecule has 1 heterocycles. The second-order valence-electron chi connectivity index (χ2n) is 5.46. The summed E-state index contributed by atoms with van der Waals surface area (Å²) in [5, 5.41) is 11.8. The first kappa shape index (κ1) is 16.5. The normalized spacial score (nSPS) is 19.8. The number of carbonyl (C=O) groups is 2. The van der Waals surface area contributed by atoms with Crippen LogP contribution in [0.4, 0.5) is 4.79 Å². The van der Waals surface area contributed by atoms with Gasteiger partial charge in [0.2, 0.25) is 0 Å². The van der Waals surface area contributed by atoms with Gasteiger partial charge in [0.1, 0.15) is 12.0 Å². The lowest BCUT2D eigenvalue weighted by atomic mass is 10.1. The number of ketones is 1. The number of benzene rings is 2. The molecule has 1 fully saturated rings. The second kappa shape index (κ2) is 7.51. The minimum Gasteiger partial charge on any atom is -0.485 e. The molecule has 2 atom stereocenters. The van der Waals surface area contributed by atoms with E-state index >= 15 is 0 Å². The standard InChI is InChI=1S/C18H17NO4S/c20-15(13-4-2-1-3-5-13)11-23-14-8-6-12(7-9-14)10-16-17(21)19-18(22)24-16/h1-9,16-17,21H,10-11H2,(H,19,22). The van der Waals surface area contributed by atoms with Crippen molar-refractivity contribution in [3.05, 3.63) is 65.7 Å². The molecule has 5 nitrogen and oxygen atoms in total. The van der Waals surface area contributed by atoms with E-state index in [1.54, 1.807) is 24.3 Å².